The van der Waals surface area contributed by atoms with Gasteiger partial charge in [0.2, 0.25) is 0 Å². The van der Waals surface area contributed by atoms with E-state index in [1.54, 1.807) is 0 Å². The molecule has 1 aromatic carbocycles. The van der Waals surface area contributed by atoms with E-state index >= 15 is 0 Å². The number of rotatable bonds is 6. The number of nitrogens with one attached hydrogen (secondary N) is 1. The van der Waals surface area contributed by atoms with E-state index in [1.807, 2.05) is 0 Å². The minimum absolute atomic E-state index is 0.484. The summed E-state index contributed by atoms with van der Waals surface area (Å²) in [6.45, 7) is 7.87. The van der Waals surface area contributed by atoms with Crippen molar-refractivity contribution in [2.75, 3.05) is 6.54 Å². The van der Waals surface area contributed by atoms with E-state index in [0.717, 1.165) is 11.0 Å². The molecule has 0 aromatic heterocycles. The predicted molar refractivity (Wildman–Crippen MR) is 74.6 cm³/mol. The number of hydrogen-bond donors (Lipinski definition) is 1. The van der Waals surface area contributed by atoms with Crippen molar-refractivity contribution >= 4 is 15.9 Å². The lowest BCUT2D eigenvalue weighted by Crippen LogP contribution is -2.27. The molecule has 1 aromatic rings. The highest BCUT2D eigenvalue weighted by atomic mass is 79.9. The van der Waals surface area contributed by atoms with Crippen LogP contribution in [0, 0.1) is 5.92 Å². The van der Waals surface area contributed by atoms with Crippen molar-refractivity contribution in [3.05, 3.63) is 34.3 Å². The third-order valence-corrected chi connectivity index (χ3v) is 3.59. The molecular weight excluding hydrogens is 262 g/mol. The van der Waals surface area contributed by atoms with Crippen molar-refractivity contribution in [1.82, 2.24) is 5.32 Å². The zero-order valence-corrected chi connectivity index (χ0v) is 12.0. The van der Waals surface area contributed by atoms with Gasteiger partial charge in [0.25, 0.3) is 0 Å². The fourth-order valence-electron chi connectivity index (χ4n) is 1.85. The first-order valence-corrected chi connectivity index (χ1v) is 6.97. The van der Waals surface area contributed by atoms with Gasteiger partial charge >= 0.3 is 0 Å². The molecule has 0 amide bonds. The fraction of sp³-hybridized carbons (Fsp3) is 0.571. The van der Waals surface area contributed by atoms with Crippen molar-refractivity contribution in [1.29, 1.82) is 0 Å². The summed E-state index contributed by atoms with van der Waals surface area (Å²) in [4.78, 5) is 0. The second-order valence-corrected chi connectivity index (χ2v) is 5.28. The molecule has 1 N–H and O–H groups in total. The Morgan fingerprint density at radius 2 is 1.81 bits per heavy atom. The van der Waals surface area contributed by atoms with Gasteiger partial charge in [-0.25, -0.2) is 0 Å². The molecule has 1 nitrogen and oxygen atoms in total. The third-order valence-electron chi connectivity index (χ3n) is 3.06. The molecule has 0 aliphatic carbocycles. The smallest absolute Gasteiger partial charge is 0.0345 e. The van der Waals surface area contributed by atoms with Crippen LogP contribution in [0.5, 0.6) is 0 Å². The topological polar surface area (TPSA) is 12.0 Å². The number of benzene rings is 1. The average Bonchev–Trinajstić information content (AvgIpc) is 2.31. The van der Waals surface area contributed by atoms with Crippen molar-refractivity contribution < 1.29 is 0 Å². The predicted octanol–water partition coefficient (Wildman–Crippen LogP) is 4.54. The maximum absolute atomic E-state index is 3.64. The zero-order chi connectivity index (χ0) is 12.0. The van der Waals surface area contributed by atoms with Crippen LogP contribution in [0.15, 0.2) is 28.7 Å². The summed E-state index contributed by atoms with van der Waals surface area (Å²) in [6, 6.07) is 9.15. The quantitative estimate of drug-likeness (QED) is 0.809. The van der Waals surface area contributed by atoms with Crippen molar-refractivity contribution in [3.63, 3.8) is 0 Å². The van der Waals surface area contributed by atoms with Gasteiger partial charge in [-0.3, -0.25) is 0 Å². The Labute approximate surface area is 108 Å². The SMILES string of the molecule is CCCNC(c1ccc(Br)cc1)C(C)CC. The molecule has 0 radical (unpaired) electrons. The fourth-order valence-corrected chi connectivity index (χ4v) is 2.12. The van der Waals surface area contributed by atoms with Crippen LogP contribution in [-0.2, 0) is 0 Å². The minimum Gasteiger partial charge on any atom is -0.310 e. The Balaban J connectivity index is 2.78. The summed E-state index contributed by atoms with van der Waals surface area (Å²) in [5, 5.41) is 3.64. The molecule has 0 heterocycles. The summed E-state index contributed by atoms with van der Waals surface area (Å²) < 4.78 is 1.15. The van der Waals surface area contributed by atoms with Crippen LogP contribution in [0.25, 0.3) is 0 Å². The van der Waals surface area contributed by atoms with E-state index in [1.165, 1.54) is 18.4 Å². The maximum atomic E-state index is 3.64. The van der Waals surface area contributed by atoms with E-state index in [2.05, 4.69) is 66.3 Å². The molecule has 0 spiro atoms. The van der Waals surface area contributed by atoms with Crippen LogP contribution in [0.3, 0.4) is 0 Å². The van der Waals surface area contributed by atoms with E-state index in [0.29, 0.717) is 12.0 Å². The van der Waals surface area contributed by atoms with Crippen LogP contribution in [0.2, 0.25) is 0 Å². The Kier molecular flexibility index (Phi) is 6.07. The van der Waals surface area contributed by atoms with Gasteiger partial charge in [0.15, 0.2) is 0 Å². The molecular formula is C14H22BrN. The zero-order valence-electron chi connectivity index (χ0n) is 10.5. The maximum Gasteiger partial charge on any atom is 0.0345 e. The minimum atomic E-state index is 0.484. The molecule has 1 rings (SSSR count). The van der Waals surface area contributed by atoms with Crippen LogP contribution < -0.4 is 5.32 Å². The average molecular weight is 284 g/mol. The van der Waals surface area contributed by atoms with Crippen molar-refractivity contribution in [2.45, 2.75) is 39.7 Å². The molecule has 0 saturated heterocycles. The van der Waals surface area contributed by atoms with Gasteiger partial charge in [0.1, 0.15) is 0 Å². The number of hydrogen-bond acceptors (Lipinski definition) is 1. The monoisotopic (exact) mass is 283 g/mol. The summed E-state index contributed by atoms with van der Waals surface area (Å²) >= 11 is 3.48. The molecule has 90 valence electrons. The summed E-state index contributed by atoms with van der Waals surface area (Å²) in [5.41, 5.74) is 1.39. The van der Waals surface area contributed by atoms with Gasteiger partial charge in [-0.2, -0.15) is 0 Å². The first-order chi connectivity index (χ1) is 7.69. The highest BCUT2D eigenvalue weighted by Gasteiger charge is 2.16. The molecule has 0 bridgehead atoms. The Morgan fingerprint density at radius 1 is 1.19 bits per heavy atom. The second-order valence-electron chi connectivity index (χ2n) is 4.37. The second kappa shape index (κ2) is 7.08. The van der Waals surface area contributed by atoms with Crippen LogP contribution in [0.1, 0.15) is 45.2 Å². The highest BCUT2D eigenvalue weighted by molar-refractivity contribution is 9.10. The first-order valence-electron chi connectivity index (χ1n) is 6.17. The lowest BCUT2D eigenvalue weighted by molar-refractivity contribution is 0.377. The molecule has 2 heteroatoms. The highest BCUT2D eigenvalue weighted by Crippen LogP contribution is 2.25. The molecule has 2 atom stereocenters. The van der Waals surface area contributed by atoms with Crippen LogP contribution in [0.4, 0.5) is 0 Å². The van der Waals surface area contributed by atoms with Gasteiger partial charge in [-0.1, -0.05) is 55.3 Å². The van der Waals surface area contributed by atoms with Crippen molar-refractivity contribution in [2.24, 2.45) is 5.92 Å². The van der Waals surface area contributed by atoms with Crippen LogP contribution in [-0.4, -0.2) is 6.54 Å². The van der Waals surface area contributed by atoms with Crippen molar-refractivity contribution in [3.8, 4) is 0 Å². The lowest BCUT2D eigenvalue weighted by atomic mass is 9.92. The van der Waals surface area contributed by atoms with E-state index in [-0.39, 0.29) is 0 Å². The summed E-state index contributed by atoms with van der Waals surface area (Å²) in [7, 11) is 0. The summed E-state index contributed by atoms with van der Waals surface area (Å²) in [5.74, 6) is 0.674. The van der Waals surface area contributed by atoms with Gasteiger partial charge < -0.3 is 5.32 Å². The summed E-state index contributed by atoms with van der Waals surface area (Å²) in [6.07, 6.45) is 2.39. The van der Waals surface area contributed by atoms with E-state index < -0.39 is 0 Å². The normalized spacial score (nSPS) is 14.8. The lowest BCUT2D eigenvalue weighted by Gasteiger charge is -2.25. The Bertz CT molecular complexity index is 294. The molecule has 0 fully saturated rings. The largest absolute Gasteiger partial charge is 0.310 e. The van der Waals surface area contributed by atoms with Crippen LogP contribution >= 0.6 is 15.9 Å². The third kappa shape index (κ3) is 3.91. The Morgan fingerprint density at radius 3 is 2.31 bits per heavy atom. The van der Waals surface area contributed by atoms with Gasteiger partial charge in [-0.05, 0) is 36.6 Å². The van der Waals surface area contributed by atoms with Gasteiger partial charge in [0, 0.05) is 10.5 Å². The molecule has 0 saturated carbocycles. The number of halogens is 1. The first kappa shape index (κ1) is 13.7. The van der Waals surface area contributed by atoms with E-state index in [9.17, 15) is 0 Å². The molecule has 0 aliphatic rings. The van der Waals surface area contributed by atoms with Gasteiger partial charge in [0.05, 0.1) is 0 Å². The standard InChI is InChI=1S/C14H22BrN/c1-4-10-16-14(11(3)5-2)12-6-8-13(15)9-7-12/h6-9,11,14,16H,4-5,10H2,1-3H3. The van der Waals surface area contributed by atoms with E-state index in [4.69, 9.17) is 0 Å². The molecule has 2 unspecified atom stereocenters. The van der Waals surface area contributed by atoms with Gasteiger partial charge in [-0.15, -0.1) is 0 Å². The molecule has 0 aliphatic heterocycles. The Hall–Kier alpha value is -0.340. The molecule has 16 heavy (non-hydrogen) atoms.